The van der Waals surface area contributed by atoms with Crippen molar-refractivity contribution in [2.24, 2.45) is 0 Å². The SMILES string of the molecule is CCSc1nnc(CNc2ccc(F)cc2)n1C[C@@H]1CCCO1. The minimum atomic E-state index is -0.237. The van der Waals surface area contributed by atoms with E-state index in [2.05, 4.69) is 27.0 Å². The van der Waals surface area contributed by atoms with Crippen LogP contribution < -0.4 is 5.32 Å². The highest BCUT2D eigenvalue weighted by Crippen LogP contribution is 2.21. The minimum Gasteiger partial charge on any atom is -0.378 e. The summed E-state index contributed by atoms with van der Waals surface area (Å²) in [4.78, 5) is 0. The van der Waals surface area contributed by atoms with E-state index in [0.29, 0.717) is 6.54 Å². The van der Waals surface area contributed by atoms with Crippen LogP contribution in [0, 0.1) is 5.82 Å². The third kappa shape index (κ3) is 4.23. The van der Waals surface area contributed by atoms with Gasteiger partial charge in [-0.05, 0) is 42.9 Å². The van der Waals surface area contributed by atoms with E-state index in [9.17, 15) is 4.39 Å². The molecule has 3 rings (SSSR count). The molecule has 5 nitrogen and oxygen atoms in total. The predicted octanol–water partition coefficient (Wildman–Crippen LogP) is 3.32. The van der Waals surface area contributed by atoms with Crippen molar-refractivity contribution in [2.75, 3.05) is 17.7 Å². The smallest absolute Gasteiger partial charge is 0.191 e. The predicted molar refractivity (Wildman–Crippen MR) is 89.1 cm³/mol. The fourth-order valence-electron chi connectivity index (χ4n) is 2.61. The van der Waals surface area contributed by atoms with Gasteiger partial charge in [0.1, 0.15) is 5.82 Å². The quantitative estimate of drug-likeness (QED) is 0.786. The Kier molecular flexibility index (Phi) is 5.51. The molecule has 1 N–H and O–H groups in total. The first-order valence-electron chi connectivity index (χ1n) is 7.92. The van der Waals surface area contributed by atoms with Crippen LogP contribution in [0.2, 0.25) is 0 Å². The molecule has 1 atom stereocenters. The molecule has 124 valence electrons. The average molecular weight is 336 g/mol. The molecule has 23 heavy (non-hydrogen) atoms. The van der Waals surface area contributed by atoms with Gasteiger partial charge in [0.2, 0.25) is 0 Å². The van der Waals surface area contributed by atoms with Crippen LogP contribution in [0.25, 0.3) is 0 Å². The molecule has 1 aliphatic heterocycles. The molecule has 1 fully saturated rings. The van der Waals surface area contributed by atoms with Crippen molar-refractivity contribution in [3.63, 3.8) is 0 Å². The number of ether oxygens (including phenoxy) is 1. The molecule has 0 saturated carbocycles. The Hall–Kier alpha value is -1.60. The maximum Gasteiger partial charge on any atom is 0.191 e. The van der Waals surface area contributed by atoms with E-state index >= 15 is 0 Å². The van der Waals surface area contributed by atoms with Gasteiger partial charge in [-0.3, -0.25) is 0 Å². The van der Waals surface area contributed by atoms with Gasteiger partial charge >= 0.3 is 0 Å². The summed E-state index contributed by atoms with van der Waals surface area (Å²) in [5.41, 5.74) is 0.864. The molecular weight excluding hydrogens is 315 g/mol. The van der Waals surface area contributed by atoms with Gasteiger partial charge in [-0.15, -0.1) is 10.2 Å². The highest BCUT2D eigenvalue weighted by Gasteiger charge is 2.20. The molecule has 7 heteroatoms. The van der Waals surface area contributed by atoms with Gasteiger partial charge in [-0.1, -0.05) is 18.7 Å². The summed E-state index contributed by atoms with van der Waals surface area (Å²) < 4.78 is 20.8. The second-order valence-electron chi connectivity index (χ2n) is 5.44. The van der Waals surface area contributed by atoms with Crippen molar-refractivity contribution >= 4 is 17.4 Å². The summed E-state index contributed by atoms with van der Waals surface area (Å²) in [5.74, 6) is 1.59. The van der Waals surface area contributed by atoms with Crippen LogP contribution in [0.1, 0.15) is 25.6 Å². The van der Waals surface area contributed by atoms with Crippen LogP contribution in [0.3, 0.4) is 0 Å². The number of thioether (sulfide) groups is 1. The monoisotopic (exact) mass is 336 g/mol. The molecule has 0 amide bonds. The van der Waals surface area contributed by atoms with E-state index in [1.54, 1.807) is 23.9 Å². The summed E-state index contributed by atoms with van der Waals surface area (Å²) in [6, 6.07) is 6.32. The lowest BCUT2D eigenvalue weighted by molar-refractivity contribution is 0.0942. The second kappa shape index (κ2) is 7.79. The van der Waals surface area contributed by atoms with Gasteiger partial charge in [0, 0.05) is 12.3 Å². The first-order chi connectivity index (χ1) is 11.3. The Labute approximate surface area is 139 Å². The summed E-state index contributed by atoms with van der Waals surface area (Å²) >= 11 is 1.69. The Bertz CT molecular complexity index is 626. The highest BCUT2D eigenvalue weighted by atomic mass is 32.2. The largest absolute Gasteiger partial charge is 0.378 e. The number of nitrogens with zero attached hydrogens (tertiary/aromatic N) is 3. The van der Waals surface area contributed by atoms with Crippen molar-refractivity contribution in [3.8, 4) is 0 Å². The maximum atomic E-state index is 13.0. The lowest BCUT2D eigenvalue weighted by Gasteiger charge is -2.15. The first-order valence-corrected chi connectivity index (χ1v) is 8.90. The fourth-order valence-corrected chi connectivity index (χ4v) is 3.30. The lowest BCUT2D eigenvalue weighted by atomic mass is 10.2. The molecule has 1 aliphatic rings. The van der Waals surface area contributed by atoms with Gasteiger partial charge < -0.3 is 14.6 Å². The number of aromatic nitrogens is 3. The molecule has 0 bridgehead atoms. The topological polar surface area (TPSA) is 52.0 Å². The van der Waals surface area contributed by atoms with Gasteiger partial charge in [0.05, 0.1) is 19.2 Å². The molecule has 0 radical (unpaired) electrons. The van der Waals surface area contributed by atoms with Crippen molar-refractivity contribution in [1.82, 2.24) is 14.8 Å². The molecule has 1 aromatic heterocycles. The van der Waals surface area contributed by atoms with E-state index in [-0.39, 0.29) is 11.9 Å². The zero-order chi connectivity index (χ0) is 16.1. The van der Waals surface area contributed by atoms with Crippen LogP contribution in [0.5, 0.6) is 0 Å². The Morgan fingerprint density at radius 1 is 1.35 bits per heavy atom. The molecular formula is C16H21FN4OS. The normalized spacial score (nSPS) is 17.6. The number of anilines is 1. The summed E-state index contributed by atoms with van der Waals surface area (Å²) in [5, 5.41) is 12.8. The van der Waals surface area contributed by atoms with Crippen molar-refractivity contribution in [2.45, 2.75) is 44.1 Å². The average Bonchev–Trinajstić information content (AvgIpc) is 3.19. The van der Waals surface area contributed by atoms with Crippen molar-refractivity contribution < 1.29 is 9.13 Å². The van der Waals surface area contributed by atoms with Crippen LogP contribution in [-0.2, 0) is 17.8 Å². The maximum absolute atomic E-state index is 13.0. The summed E-state index contributed by atoms with van der Waals surface area (Å²) in [6.45, 7) is 4.28. The number of halogens is 1. The van der Waals surface area contributed by atoms with Crippen LogP contribution in [0.4, 0.5) is 10.1 Å². The van der Waals surface area contributed by atoms with Crippen LogP contribution in [-0.4, -0.2) is 33.2 Å². The molecule has 1 saturated heterocycles. The lowest BCUT2D eigenvalue weighted by Crippen LogP contribution is -2.19. The van der Waals surface area contributed by atoms with E-state index in [4.69, 9.17) is 4.74 Å². The summed E-state index contributed by atoms with van der Waals surface area (Å²) in [7, 11) is 0. The third-order valence-electron chi connectivity index (χ3n) is 3.77. The molecule has 0 spiro atoms. The zero-order valence-electron chi connectivity index (χ0n) is 13.2. The molecule has 0 aliphatic carbocycles. The molecule has 2 heterocycles. The minimum absolute atomic E-state index is 0.237. The zero-order valence-corrected chi connectivity index (χ0v) is 14.0. The third-order valence-corrected chi connectivity index (χ3v) is 4.62. The van der Waals surface area contributed by atoms with Crippen molar-refractivity contribution in [3.05, 3.63) is 35.9 Å². The first kappa shape index (κ1) is 16.3. The number of nitrogens with one attached hydrogen (secondary N) is 1. The molecule has 1 aromatic carbocycles. The Morgan fingerprint density at radius 3 is 2.87 bits per heavy atom. The number of rotatable bonds is 7. The van der Waals surface area contributed by atoms with Gasteiger partial charge in [-0.25, -0.2) is 4.39 Å². The molecule has 0 unspecified atom stereocenters. The number of benzene rings is 1. The Morgan fingerprint density at radius 2 is 2.17 bits per heavy atom. The number of hydrogen-bond donors (Lipinski definition) is 1. The highest BCUT2D eigenvalue weighted by molar-refractivity contribution is 7.99. The number of hydrogen-bond acceptors (Lipinski definition) is 5. The van der Waals surface area contributed by atoms with Gasteiger partial charge in [0.25, 0.3) is 0 Å². The second-order valence-corrected chi connectivity index (χ2v) is 6.67. The van der Waals surface area contributed by atoms with E-state index in [1.807, 2.05) is 0 Å². The molecule has 2 aromatic rings. The summed E-state index contributed by atoms with van der Waals surface area (Å²) in [6.07, 6.45) is 2.44. The Balaban J connectivity index is 1.70. The van der Waals surface area contributed by atoms with Crippen molar-refractivity contribution in [1.29, 1.82) is 0 Å². The van der Waals surface area contributed by atoms with E-state index < -0.39 is 0 Å². The van der Waals surface area contributed by atoms with Gasteiger partial charge in [-0.2, -0.15) is 0 Å². The van der Waals surface area contributed by atoms with Crippen LogP contribution in [0.15, 0.2) is 29.4 Å². The van der Waals surface area contributed by atoms with Gasteiger partial charge in [0.15, 0.2) is 11.0 Å². The van der Waals surface area contributed by atoms with E-state index in [0.717, 1.165) is 48.4 Å². The van der Waals surface area contributed by atoms with Crippen LogP contribution >= 0.6 is 11.8 Å². The van der Waals surface area contributed by atoms with E-state index in [1.165, 1.54) is 12.1 Å². The fraction of sp³-hybridized carbons (Fsp3) is 0.500. The standard InChI is InChI=1S/C16H21FN4OS/c1-2-23-16-20-19-15(21(16)11-14-4-3-9-22-14)10-18-13-7-5-12(17)6-8-13/h5-8,14,18H,2-4,9-11H2,1H3/t14-/m0/s1.